The zero-order valence-electron chi connectivity index (χ0n) is 15.6. The smallest absolute Gasteiger partial charge is 0.162 e. The fourth-order valence-corrected chi connectivity index (χ4v) is 2.49. The van der Waals surface area contributed by atoms with Crippen LogP contribution in [0.3, 0.4) is 0 Å². The van der Waals surface area contributed by atoms with Gasteiger partial charge in [0, 0.05) is 19.0 Å². The number of fused-ring (bicyclic) bond motifs is 1. The predicted molar refractivity (Wildman–Crippen MR) is 100 cm³/mol. The number of benzene rings is 1. The Balaban J connectivity index is 0.00000112. The molecule has 4 heteroatoms. The topological polar surface area (TPSA) is 62.3 Å². The molecule has 1 unspecified atom stereocenters. The number of nitrogen functional groups attached to an aromatic ring is 1. The van der Waals surface area contributed by atoms with Gasteiger partial charge < -0.3 is 15.4 Å². The molecule has 2 rings (SSSR count). The Kier molecular flexibility index (Phi) is 10.7. The monoisotopic (exact) mass is 319 g/mol. The molecule has 23 heavy (non-hydrogen) atoms. The van der Waals surface area contributed by atoms with Crippen LogP contribution in [0.5, 0.6) is 5.75 Å². The number of hydrogen-bond donors (Lipinski definition) is 1. The highest BCUT2D eigenvalue weighted by molar-refractivity contribution is 5.73. The Bertz CT molecular complexity index is 494. The van der Waals surface area contributed by atoms with Crippen molar-refractivity contribution in [3.8, 4) is 11.8 Å². The van der Waals surface area contributed by atoms with E-state index in [1.54, 1.807) is 6.07 Å². The van der Waals surface area contributed by atoms with Gasteiger partial charge in [-0.1, -0.05) is 41.5 Å². The van der Waals surface area contributed by atoms with Crippen LogP contribution in [0.4, 0.5) is 11.4 Å². The molecule has 0 spiro atoms. The molecule has 0 aromatic heterocycles. The van der Waals surface area contributed by atoms with E-state index < -0.39 is 0 Å². The molecule has 130 valence electrons. The molecule has 2 N–H and O–H groups in total. The van der Waals surface area contributed by atoms with E-state index in [0.29, 0.717) is 29.5 Å². The fourth-order valence-electron chi connectivity index (χ4n) is 2.49. The lowest BCUT2D eigenvalue weighted by Crippen LogP contribution is -2.30. The van der Waals surface area contributed by atoms with E-state index in [0.717, 1.165) is 31.6 Å². The van der Waals surface area contributed by atoms with Crippen LogP contribution >= 0.6 is 0 Å². The maximum Gasteiger partial charge on any atom is 0.162 e. The zero-order chi connectivity index (χ0) is 17.8. The standard InChI is InChI=1S/C15H21N3O.2C2H6/c1-3-7-18-9-11(4-2)10-19-15-12(8-16)13(17)5-6-14(15)18;2*1-2/h5-6,11H,3-4,7,9-10,17H2,1-2H3;2*1-2H3. The first-order valence-electron chi connectivity index (χ1n) is 8.91. The molecule has 0 radical (unpaired) electrons. The van der Waals surface area contributed by atoms with Crippen molar-refractivity contribution in [2.45, 2.75) is 54.4 Å². The molecule has 1 aliphatic rings. The second kappa shape index (κ2) is 11.6. The Hall–Kier alpha value is -1.89. The maximum absolute atomic E-state index is 9.28. The van der Waals surface area contributed by atoms with Crippen molar-refractivity contribution in [1.82, 2.24) is 0 Å². The summed E-state index contributed by atoms with van der Waals surface area (Å²) in [5.41, 5.74) is 7.84. The summed E-state index contributed by atoms with van der Waals surface area (Å²) in [6, 6.07) is 5.94. The number of rotatable bonds is 3. The molecule has 1 heterocycles. The third-order valence-electron chi connectivity index (χ3n) is 3.63. The third-order valence-corrected chi connectivity index (χ3v) is 3.63. The molecule has 0 bridgehead atoms. The Morgan fingerprint density at radius 2 is 1.91 bits per heavy atom. The number of anilines is 2. The minimum Gasteiger partial charge on any atom is -0.490 e. The molecule has 1 atom stereocenters. The van der Waals surface area contributed by atoms with E-state index in [1.165, 1.54) is 0 Å². The van der Waals surface area contributed by atoms with Crippen LogP contribution in [0.15, 0.2) is 12.1 Å². The molecular formula is C19H33N3O. The molecule has 4 nitrogen and oxygen atoms in total. The largest absolute Gasteiger partial charge is 0.490 e. The van der Waals surface area contributed by atoms with Crippen molar-refractivity contribution in [2.75, 3.05) is 30.3 Å². The summed E-state index contributed by atoms with van der Waals surface area (Å²) in [5.74, 6) is 1.15. The lowest BCUT2D eigenvalue weighted by atomic mass is 10.1. The van der Waals surface area contributed by atoms with Gasteiger partial charge in [0.05, 0.1) is 18.0 Å². The van der Waals surface area contributed by atoms with Crippen molar-refractivity contribution < 1.29 is 4.74 Å². The molecular weight excluding hydrogens is 286 g/mol. The second-order valence-electron chi connectivity index (χ2n) is 5.02. The second-order valence-corrected chi connectivity index (χ2v) is 5.02. The summed E-state index contributed by atoms with van der Waals surface area (Å²) in [6.45, 7) is 14.9. The quantitative estimate of drug-likeness (QED) is 0.811. The first-order chi connectivity index (χ1) is 11.2. The van der Waals surface area contributed by atoms with E-state index in [2.05, 4.69) is 24.8 Å². The SMILES string of the molecule is CC.CC.CCCN1CC(CC)COc2c1ccc(N)c2C#N. The molecule has 1 aromatic carbocycles. The van der Waals surface area contributed by atoms with Gasteiger partial charge in [-0.2, -0.15) is 5.26 Å². The van der Waals surface area contributed by atoms with Gasteiger partial charge in [0.2, 0.25) is 0 Å². The third kappa shape index (κ3) is 5.35. The van der Waals surface area contributed by atoms with Crippen LogP contribution in [0.1, 0.15) is 59.9 Å². The van der Waals surface area contributed by atoms with E-state index in [1.807, 2.05) is 33.8 Å². The highest BCUT2D eigenvalue weighted by Gasteiger charge is 2.24. The van der Waals surface area contributed by atoms with Crippen LogP contribution in [0.25, 0.3) is 0 Å². The number of hydrogen-bond acceptors (Lipinski definition) is 4. The lowest BCUT2D eigenvalue weighted by Gasteiger charge is -2.25. The summed E-state index contributed by atoms with van der Waals surface area (Å²) in [6.07, 6.45) is 2.15. The number of ether oxygens (including phenoxy) is 1. The Morgan fingerprint density at radius 1 is 1.26 bits per heavy atom. The molecule has 0 saturated heterocycles. The van der Waals surface area contributed by atoms with Crippen molar-refractivity contribution in [3.05, 3.63) is 17.7 Å². The Labute approximate surface area is 142 Å². The van der Waals surface area contributed by atoms with Gasteiger partial charge in [0.15, 0.2) is 5.75 Å². The van der Waals surface area contributed by atoms with Gasteiger partial charge >= 0.3 is 0 Å². The Morgan fingerprint density at radius 3 is 2.43 bits per heavy atom. The average Bonchev–Trinajstić information content (AvgIpc) is 2.78. The lowest BCUT2D eigenvalue weighted by molar-refractivity contribution is 0.257. The summed E-state index contributed by atoms with van der Waals surface area (Å²) < 4.78 is 5.89. The first kappa shape index (κ1) is 21.1. The first-order valence-corrected chi connectivity index (χ1v) is 8.91. The van der Waals surface area contributed by atoms with Crippen molar-refractivity contribution in [3.63, 3.8) is 0 Å². The van der Waals surface area contributed by atoms with Gasteiger partial charge in [-0.3, -0.25) is 0 Å². The highest BCUT2D eigenvalue weighted by atomic mass is 16.5. The molecule has 1 aliphatic heterocycles. The average molecular weight is 319 g/mol. The molecule has 0 aliphatic carbocycles. The molecule has 0 amide bonds. The minimum atomic E-state index is 0.468. The summed E-state index contributed by atoms with van der Waals surface area (Å²) >= 11 is 0. The fraction of sp³-hybridized carbons (Fsp3) is 0.632. The van der Waals surface area contributed by atoms with Crippen molar-refractivity contribution in [1.29, 1.82) is 5.26 Å². The number of nitrogens with zero attached hydrogens (tertiary/aromatic N) is 2. The van der Waals surface area contributed by atoms with E-state index >= 15 is 0 Å². The van der Waals surface area contributed by atoms with Gasteiger partial charge in [-0.15, -0.1) is 0 Å². The van der Waals surface area contributed by atoms with Crippen LogP contribution < -0.4 is 15.4 Å². The van der Waals surface area contributed by atoms with E-state index in [-0.39, 0.29) is 0 Å². The zero-order valence-corrected chi connectivity index (χ0v) is 15.6. The van der Waals surface area contributed by atoms with Crippen molar-refractivity contribution >= 4 is 11.4 Å². The van der Waals surface area contributed by atoms with Gasteiger partial charge in [0.1, 0.15) is 11.6 Å². The number of nitriles is 1. The summed E-state index contributed by atoms with van der Waals surface area (Å²) in [5, 5.41) is 9.28. The molecule has 1 aromatic rings. The highest BCUT2D eigenvalue weighted by Crippen LogP contribution is 2.38. The van der Waals surface area contributed by atoms with E-state index in [4.69, 9.17) is 10.5 Å². The van der Waals surface area contributed by atoms with Gasteiger partial charge in [-0.25, -0.2) is 0 Å². The van der Waals surface area contributed by atoms with Crippen molar-refractivity contribution in [2.24, 2.45) is 5.92 Å². The van der Waals surface area contributed by atoms with Crippen LogP contribution in [0, 0.1) is 17.2 Å². The van der Waals surface area contributed by atoms with Gasteiger partial charge in [-0.05, 0) is 25.0 Å². The normalized spacial score (nSPS) is 15.5. The summed E-state index contributed by atoms with van der Waals surface area (Å²) in [7, 11) is 0. The molecule has 0 saturated carbocycles. The predicted octanol–water partition coefficient (Wildman–Crippen LogP) is 4.83. The minimum absolute atomic E-state index is 0.468. The summed E-state index contributed by atoms with van der Waals surface area (Å²) in [4.78, 5) is 2.32. The van der Waals surface area contributed by atoms with Crippen LogP contribution in [0.2, 0.25) is 0 Å². The van der Waals surface area contributed by atoms with Gasteiger partial charge in [0.25, 0.3) is 0 Å². The van der Waals surface area contributed by atoms with Crippen LogP contribution in [-0.4, -0.2) is 19.7 Å². The maximum atomic E-state index is 9.28. The number of nitrogens with two attached hydrogens (primary N) is 1. The van der Waals surface area contributed by atoms with Crippen LogP contribution in [-0.2, 0) is 0 Å². The molecule has 0 fully saturated rings. The van der Waals surface area contributed by atoms with E-state index in [9.17, 15) is 5.26 Å².